The number of ether oxygens (including phenoxy) is 3. The number of hydrogen-bond acceptors (Lipinski definition) is 8. The van der Waals surface area contributed by atoms with E-state index < -0.39 is 23.0 Å². The fraction of sp³-hybridized carbons (Fsp3) is 0.250. The van der Waals surface area contributed by atoms with E-state index >= 15 is 0 Å². The van der Waals surface area contributed by atoms with Gasteiger partial charge in [-0.3, -0.25) is 10.0 Å². The van der Waals surface area contributed by atoms with E-state index in [0.717, 1.165) is 0 Å². The Morgan fingerprint density at radius 3 is 2.30 bits per heavy atom. The van der Waals surface area contributed by atoms with Crippen LogP contribution < -0.4 is 19.5 Å². The van der Waals surface area contributed by atoms with Gasteiger partial charge < -0.3 is 14.2 Å². The molecule has 2 rings (SSSR count). The number of benzene rings is 1. The van der Waals surface area contributed by atoms with Gasteiger partial charge in [0.2, 0.25) is 17.7 Å². The Morgan fingerprint density at radius 2 is 1.70 bits per heavy atom. The van der Waals surface area contributed by atoms with Gasteiger partial charge in [0.1, 0.15) is 11.0 Å². The summed E-state index contributed by atoms with van der Waals surface area (Å²) in [5.41, 5.74) is 0.749. The molecule has 2 N–H and O–H groups in total. The largest absolute Gasteiger partial charge is 0.481 e. The number of hydrogen-bond donors (Lipinski definition) is 2. The van der Waals surface area contributed by atoms with Gasteiger partial charge in [0, 0.05) is 0 Å². The van der Waals surface area contributed by atoms with E-state index in [4.69, 9.17) is 9.47 Å². The predicted octanol–water partition coefficient (Wildman–Crippen LogP) is 1.27. The molecule has 0 radical (unpaired) electrons. The van der Waals surface area contributed by atoms with Crippen molar-refractivity contribution >= 4 is 28.9 Å². The minimum absolute atomic E-state index is 0.0824. The molecule has 0 aliphatic carbocycles. The van der Waals surface area contributed by atoms with Crippen molar-refractivity contribution in [3.63, 3.8) is 0 Å². The Bertz CT molecular complexity index is 838. The minimum atomic E-state index is -1.81. The molecule has 2 amide bonds. The number of carbonyl (C=O) groups excluding carboxylic acids is 2. The number of anilines is 1. The SMILES string of the molecule is COC(=O)c1ccccc1CS(=O)NC(=O)Nc1nc(OC)cc(OC)n1. The second kappa shape index (κ2) is 9.48. The molecule has 1 heterocycles. The van der Waals surface area contributed by atoms with Crippen LogP contribution in [-0.2, 0) is 21.5 Å². The van der Waals surface area contributed by atoms with Crippen molar-refractivity contribution in [2.24, 2.45) is 0 Å². The summed E-state index contributed by atoms with van der Waals surface area (Å²) in [5.74, 6) is -0.351. The highest BCUT2D eigenvalue weighted by atomic mass is 32.2. The van der Waals surface area contributed by atoms with E-state index in [-0.39, 0.29) is 29.0 Å². The first-order valence-electron chi connectivity index (χ1n) is 7.56. The number of nitrogens with one attached hydrogen (secondary N) is 2. The molecule has 1 atom stereocenters. The van der Waals surface area contributed by atoms with Crippen LogP contribution in [0.5, 0.6) is 11.8 Å². The topological polar surface area (TPSA) is 129 Å². The van der Waals surface area contributed by atoms with Crippen LogP contribution in [0.3, 0.4) is 0 Å². The molecule has 0 saturated carbocycles. The number of carbonyl (C=O) groups is 2. The van der Waals surface area contributed by atoms with Crippen LogP contribution in [0, 0.1) is 0 Å². The molecule has 0 aliphatic rings. The standard InChI is InChI=1S/C16H18N4O6S/c1-24-12-8-13(25-2)18-15(17-12)19-16(22)20-27(23)9-10-6-4-5-7-11(10)14(21)26-3/h4-8H,9H2,1-3H3,(H2,17,18,19,20,22). The fourth-order valence-corrected chi connectivity index (χ4v) is 2.90. The Balaban J connectivity index is 2.03. The maximum absolute atomic E-state index is 12.2. The summed E-state index contributed by atoms with van der Waals surface area (Å²) in [7, 11) is 2.25. The molecule has 10 nitrogen and oxygen atoms in total. The molecular formula is C16H18N4O6S. The molecule has 0 fully saturated rings. The number of amides is 2. The molecule has 0 saturated heterocycles. The van der Waals surface area contributed by atoms with Crippen molar-refractivity contribution in [2.45, 2.75) is 5.75 Å². The van der Waals surface area contributed by atoms with E-state index in [1.54, 1.807) is 24.3 Å². The van der Waals surface area contributed by atoms with Crippen molar-refractivity contribution in [1.82, 2.24) is 14.7 Å². The summed E-state index contributed by atoms with van der Waals surface area (Å²) in [6.45, 7) is 0. The average molecular weight is 394 g/mol. The molecule has 1 aromatic heterocycles. The predicted molar refractivity (Wildman–Crippen MR) is 96.9 cm³/mol. The third-order valence-corrected chi connectivity index (χ3v) is 4.22. The molecule has 0 spiro atoms. The van der Waals surface area contributed by atoms with Gasteiger partial charge in [-0.1, -0.05) is 18.2 Å². The Labute approximate surface area is 157 Å². The second-order valence-corrected chi connectivity index (χ2v) is 6.15. The summed E-state index contributed by atoms with van der Waals surface area (Å²) >= 11 is 0. The van der Waals surface area contributed by atoms with E-state index in [0.29, 0.717) is 5.56 Å². The Hall–Kier alpha value is -3.21. The van der Waals surface area contributed by atoms with Crippen molar-refractivity contribution in [2.75, 3.05) is 26.6 Å². The van der Waals surface area contributed by atoms with Gasteiger partial charge >= 0.3 is 12.0 Å². The molecule has 0 bridgehead atoms. The fourth-order valence-electron chi connectivity index (χ4n) is 2.03. The monoisotopic (exact) mass is 394 g/mol. The van der Waals surface area contributed by atoms with Crippen LogP contribution >= 0.6 is 0 Å². The smallest absolute Gasteiger partial charge is 0.338 e. The van der Waals surface area contributed by atoms with E-state index in [9.17, 15) is 13.8 Å². The number of esters is 1. The van der Waals surface area contributed by atoms with Crippen LogP contribution in [0.2, 0.25) is 0 Å². The van der Waals surface area contributed by atoms with Crippen molar-refractivity contribution in [3.05, 3.63) is 41.5 Å². The molecule has 144 valence electrons. The first kappa shape index (κ1) is 20.1. The molecule has 1 unspecified atom stereocenters. The lowest BCUT2D eigenvalue weighted by atomic mass is 10.1. The van der Waals surface area contributed by atoms with Crippen LogP contribution in [-0.4, -0.2) is 47.5 Å². The zero-order chi connectivity index (χ0) is 19.8. The Morgan fingerprint density at radius 1 is 1.07 bits per heavy atom. The van der Waals surface area contributed by atoms with Crippen molar-refractivity contribution in [3.8, 4) is 11.8 Å². The Kier molecular flexibility index (Phi) is 7.06. The van der Waals surface area contributed by atoms with E-state index in [1.165, 1.54) is 27.4 Å². The first-order valence-corrected chi connectivity index (χ1v) is 8.88. The van der Waals surface area contributed by atoms with Crippen LogP contribution in [0.4, 0.5) is 10.7 Å². The highest BCUT2D eigenvalue weighted by Gasteiger charge is 2.15. The first-order chi connectivity index (χ1) is 13.0. The maximum Gasteiger partial charge on any atom is 0.338 e. The van der Waals surface area contributed by atoms with Gasteiger partial charge in [-0.25, -0.2) is 13.8 Å². The quantitative estimate of drug-likeness (QED) is 0.672. The number of nitrogens with zero attached hydrogens (tertiary/aromatic N) is 2. The van der Waals surface area contributed by atoms with E-state index in [1.807, 2.05) is 0 Å². The highest BCUT2D eigenvalue weighted by molar-refractivity contribution is 7.82. The molecule has 27 heavy (non-hydrogen) atoms. The number of urea groups is 1. The van der Waals surface area contributed by atoms with Gasteiger partial charge in [0.15, 0.2) is 0 Å². The van der Waals surface area contributed by atoms with Gasteiger partial charge in [-0.2, -0.15) is 9.97 Å². The summed E-state index contributed by atoms with van der Waals surface area (Å²) in [5, 5.41) is 2.34. The maximum atomic E-state index is 12.2. The normalized spacial score (nSPS) is 11.2. The lowest BCUT2D eigenvalue weighted by molar-refractivity contribution is 0.0600. The molecule has 1 aromatic carbocycles. The lowest BCUT2D eigenvalue weighted by Crippen LogP contribution is -2.32. The van der Waals surface area contributed by atoms with Gasteiger partial charge in [0.05, 0.1) is 38.7 Å². The summed E-state index contributed by atoms with van der Waals surface area (Å²) in [6, 6.07) is 7.17. The summed E-state index contributed by atoms with van der Waals surface area (Å²) in [6.07, 6.45) is 0. The highest BCUT2D eigenvalue weighted by Crippen LogP contribution is 2.17. The number of rotatable bonds is 7. The van der Waals surface area contributed by atoms with E-state index in [2.05, 4.69) is 24.7 Å². The third kappa shape index (κ3) is 5.64. The second-order valence-electron chi connectivity index (χ2n) is 4.97. The lowest BCUT2D eigenvalue weighted by Gasteiger charge is -2.10. The third-order valence-electron chi connectivity index (χ3n) is 3.24. The van der Waals surface area contributed by atoms with Crippen LogP contribution in [0.25, 0.3) is 0 Å². The minimum Gasteiger partial charge on any atom is -0.481 e. The summed E-state index contributed by atoms with van der Waals surface area (Å²) < 4.78 is 29.1. The van der Waals surface area contributed by atoms with Crippen LogP contribution in [0.1, 0.15) is 15.9 Å². The molecule has 11 heteroatoms. The zero-order valence-corrected chi connectivity index (χ0v) is 15.7. The zero-order valence-electron chi connectivity index (χ0n) is 14.8. The van der Waals surface area contributed by atoms with Gasteiger partial charge in [0.25, 0.3) is 0 Å². The van der Waals surface area contributed by atoms with Crippen molar-refractivity contribution < 1.29 is 28.0 Å². The van der Waals surface area contributed by atoms with Crippen molar-refractivity contribution in [1.29, 1.82) is 0 Å². The van der Waals surface area contributed by atoms with Gasteiger partial charge in [-0.05, 0) is 11.6 Å². The molecule has 2 aromatic rings. The average Bonchev–Trinajstić information content (AvgIpc) is 2.67. The molecule has 0 aliphatic heterocycles. The number of aromatic nitrogens is 2. The number of methoxy groups -OCH3 is 3. The van der Waals surface area contributed by atoms with Crippen LogP contribution in [0.15, 0.2) is 30.3 Å². The molecular weight excluding hydrogens is 376 g/mol. The van der Waals surface area contributed by atoms with Gasteiger partial charge in [-0.15, -0.1) is 0 Å². The summed E-state index contributed by atoms with van der Waals surface area (Å²) in [4.78, 5) is 31.6.